The zero-order valence-electron chi connectivity index (χ0n) is 17.7. The third-order valence-electron chi connectivity index (χ3n) is 5.64. The van der Waals surface area contributed by atoms with Crippen LogP contribution in [-0.4, -0.2) is 93.1 Å². The standard InChI is InChI=1S/C20H29NO10S/c1-20(2,19(28)21-14-16(24)15(23)12(10-22)31-18(14)27)32(29,30)13(17(25)26)9-8-11-6-4-3-5-7-11/h3-7,12-16,18,22-24,27H,8-10H2,1-2H3,(H,21,28)(H,25,26)/t12-,13+,14-,15-,16-,18?/m1/s1. The number of carboxylic acid groups (broad SMARTS) is 1. The van der Waals surface area contributed by atoms with E-state index in [1.807, 2.05) is 0 Å². The third-order valence-corrected chi connectivity index (χ3v) is 8.44. The molecule has 1 heterocycles. The predicted octanol–water partition coefficient (Wildman–Crippen LogP) is -1.82. The smallest absolute Gasteiger partial charge is 0.321 e. The number of carboxylic acids is 1. The molecule has 1 aliphatic heterocycles. The molecule has 1 aromatic carbocycles. The molecule has 1 saturated heterocycles. The number of aryl methyl sites for hydroxylation is 1. The molecule has 180 valence electrons. The van der Waals surface area contributed by atoms with E-state index < -0.39 is 69.0 Å². The van der Waals surface area contributed by atoms with Gasteiger partial charge in [-0.2, -0.15) is 0 Å². The summed E-state index contributed by atoms with van der Waals surface area (Å²) >= 11 is 0. The molecule has 1 unspecified atom stereocenters. The lowest BCUT2D eigenvalue weighted by molar-refractivity contribution is -0.254. The number of hydrogen-bond donors (Lipinski definition) is 6. The molecular formula is C20H29NO10S. The molecule has 6 atom stereocenters. The van der Waals surface area contributed by atoms with Gasteiger partial charge in [-0.05, 0) is 32.3 Å². The van der Waals surface area contributed by atoms with Crippen molar-refractivity contribution in [2.24, 2.45) is 0 Å². The number of aliphatic hydroxyl groups is 4. The molecule has 1 aliphatic rings. The number of carbonyl (C=O) groups is 2. The highest BCUT2D eigenvalue weighted by Crippen LogP contribution is 2.27. The Bertz CT molecular complexity index is 904. The number of aliphatic hydroxyl groups excluding tert-OH is 4. The Balaban J connectivity index is 2.20. The fourth-order valence-corrected chi connectivity index (χ4v) is 5.14. The van der Waals surface area contributed by atoms with Gasteiger partial charge in [-0.15, -0.1) is 0 Å². The molecule has 32 heavy (non-hydrogen) atoms. The molecule has 1 fully saturated rings. The van der Waals surface area contributed by atoms with Crippen molar-refractivity contribution in [1.29, 1.82) is 0 Å². The van der Waals surface area contributed by atoms with Crippen molar-refractivity contribution in [3.63, 3.8) is 0 Å². The van der Waals surface area contributed by atoms with Crippen molar-refractivity contribution in [3.8, 4) is 0 Å². The van der Waals surface area contributed by atoms with Crippen LogP contribution >= 0.6 is 0 Å². The Morgan fingerprint density at radius 1 is 1.12 bits per heavy atom. The van der Waals surface area contributed by atoms with Gasteiger partial charge < -0.3 is 35.6 Å². The second-order valence-electron chi connectivity index (χ2n) is 8.13. The topological polar surface area (TPSA) is 191 Å². The molecule has 0 radical (unpaired) electrons. The van der Waals surface area contributed by atoms with E-state index in [1.165, 1.54) is 0 Å². The Labute approximate surface area is 185 Å². The predicted molar refractivity (Wildman–Crippen MR) is 111 cm³/mol. The van der Waals surface area contributed by atoms with Crippen molar-refractivity contribution < 1.29 is 48.3 Å². The second-order valence-corrected chi connectivity index (χ2v) is 10.8. The SMILES string of the molecule is CC(C)(C(=O)N[C@H]1C(O)O[C@H](CO)[C@@H](O)[C@@H]1O)S(=O)(=O)[C@@H](CCc1ccccc1)C(=O)O. The maximum atomic E-state index is 13.1. The highest BCUT2D eigenvalue weighted by molar-refractivity contribution is 7.94. The molecule has 0 spiro atoms. The largest absolute Gasteiger partial charge is 0.480 e. The maximum absolute atomic E-state index is 13.1. The van der Waals surface area contributed by atoms with Gasteiger partial charge in [0.05, 0.1) is 6.61 Å². The summed E-state index contributed by atoms with van der Waals surface area (Å²) in [6.45, 7) is 1.33. The molecule has 0 saturated carbocycles. The second kappa shape index (κ2) is 10.2. The number of sulfone groups is 1. The minimum absolute atomic E-state index is 0.150. The molecule has 0 aromatic heterocycles. The molecule has 0 aliphatic carbocycles. The van der Waals surface area contributed by atoms with Gasteiger partial charge >= 0.3 is 5.97 Å². The quantitative estimate of drug-likeness (QED) is 0.237. The fraction of sp³-hybridized carbons (Fsp3) is 0.600. The van der Waals surface area contributed by atoms with E-state index in [0.717, 1.165) is 19.4 Å². The number of carbonyl (C=O) groups excluding carboxylic acids is 1. The lowest BCUT2D eigenvalue weighted by Gasteiger charge is -2.41. The number of nitrogens with one attached hydrogen (secondary N) is 1. The van der Waals surface area contributed by atoms with Gasteiger partial charge in [0, 0.05) is 0 Å². The average molecular weight is 476 g/mol. The van der Waals surface area contributed by atoms with Crippen LogP contribution in [0.1, 0.15) is 25.8 Å². The molecule has 6 N–H and O–H groups in total. The number of hydrogen-bond acceptors (Lipinski definition) is 9. The summed E-state index contributed by atoms with van der Waals surface area (Å²) in [6, 6.07) is 7.06. The first-order valence-corrected chi connectivity index (χ1v) is 11.5. The van der Waals surface area contributed by atoms with Crippen molar-refractivity contribution in [2.45, 2.75) is 67.3 Å². The van der Waals surface area contributed by atoms with Crippen molar-refractivity contribution in [2.75, 3.05) is 6.61 Å². The van der Waals surface area contributed by atoms with E-state index in [2.05, 4.69) is 5.32 Å². The monoisotopic (exact) mass is 475 g/mol. The lowest BCUT2D eigenvalue weighted by atomic mass is 9.96. The van der Waals surface area contributed by atoms with Crippen LogP contribution in [0.3, 0.4) is 0 Å². The first-order chi connectivity index (χ1) is 14.8. The van der Waals surface area contributed by atoms with Crippen LogP contribution in [0.25, 0.3) is 0 Å². The molecule has 1 amide bonds. The van der Waals surface area contributed by atoms with E-state index in [4.69, 9.17) is 9.84 Å². The van der Waals surface area contributed by atoms with E-state index in [-0.39, 0.29) is 12.8 Å². The fourth-order valence-electron chi connectivity index (χ4n) is 3.42. The zero-order valence-corrected chi connectivity index (χ0v) is 18.5. The van der Waals surface area contributed by atoms with Gasteiger partial charge in [0.15, 0.2) is 21.4 Å². The van der Waals surface area contributed by atoms with Crippen LogP contribution in [0.5, 0.6) is 0 Å². The summed E-state index contributed by atoms with van der Waals surface area (Å²) in [5, 5.41) is 49.1. The normalized spacial score (nSPS) is 27.5. The molecule has 0 bridgehead atoms. The maximum Gasteiger partial charge on any atom is 0.321 e. The summed E-state index contributed by atoms with van der Waals surface area (Å²) in [6.07, 6.45) is -6.71. The Morgan fingerprint density at radius 3 is 2.25 bits per heavy atom. The van der Waals surface area contributed by atoms with Crippen LogP contribution < -0.4 is 5.32 Å². The Morgan fingerprint density at radius 2 is 1.72 bits per heavy atom. The first-order valence-electron chi connectivity index (χ1n) is 9.96. The molecule has 2 rings (SSSR count). The molecular weight excluding hydrogens is 446 g/mol. The van der Waals surface area contributed by atoms with Crippen molar-refractivity contribution >= 4 is 21.7 Å². The Hall–Kier alpha value is -2.09. The highest BCUT2D eigenvalue weighted by atomic mass is 32.2. The van der Waals surface area contributed by atoms with Crippen molar-refractivity contribution in [1.82, 2.24) is 5.32 Å². The summed E-state index contributed by atoms with van der Waals surface area (Å²) in [4.78, 5) is 24.6. The van der Waals surface area contributed by atoms with Crippen molar-refractivity contribution in [3.05, 3.63) is 35.9 Å². The average Bonchev–Trinajstić information content (AvgIpc) is 2.73. The van der Waals surface area contributed by atoms with Crippen LogP contribution in [0.4, 0.5) is 0 Å². The first kappa shape index (κ1) is 26.2. The van der Waals surface area contributed by atoms with Crippen LogP contribution in [0.2, 0.25) is 0 Å². The van der Waals surface area contributed by atoms with Crippen LogP contribution in [0.15, 0.2) is 30.3 Å². The molecule has 1 aromatic rings. The highest BCUT2D eigenvalue weighted by Gasteiger charge is 2.51. The van der Waals surface area contributed by atoms with Gasteiger partial charge in [0.25, 0.3) is 0 Å². The third kappa shape index (κ3) is 5.27. The van der Waals surface area contributed by atoms with E-state index in [9.17, 15) is 38.4 Å². The van der Waals surface area contributed by atoms with Crippen LogP contribution in [-0.2, 0) is 30.6 Å². The summed E-state index contributed by atoms with van der Waals surface area (Å²) in [7, 11) is -4.60. The number of benzene rings is 1. The number of ether oxygens (including phenoxy) is 1. The summed E-state index contributed by atoms with van der Waals surface area (Å²) < 4.78 is 29.0. The van der Waals surface area contributed by atoms with Gasteiger partial charge in [0.2, 0.25) is 5.91 Å². The molecule has 11 nitrogen and oxygen atoms in total. The number of aliphatic carboxylic acids is 1. The number of amides is 1. The minimum atomic E-state index is -4.60. The van der Waals surface area contributed by atoms with E-state index in [1.54, 1.807) is 30.3 Å². The Kier molecular flexibility index (Phi) is 8.37. The summed E-state index contributed by atoms with van der Waals surface area (Å²) in [5.74, 6) is -2.80. The van der Waals surface area contributed by atoms with Gasteiger partial charge in [-0.1, -0.05) is 30.3 Å². The number of rotatable bonds is 9. The van der Waals surface area contributed by atoms with E-state index >= 15 is 0 Å². The zero-order chi connectivity index (χ0) is 24.3. The lowest BCUT2D eigenvalue weighted by Crippen LogP contribution is -2.66. The van der Waals surface area contributed by atoms with E-state index in [0.29, 0.717) is 0 Å². The van der Waals surface area contributed by atoms with Gasteiger partial charge in [-0.3, -0.25) is 9.59 Å². The minimum Gasteiger partial charge on any atom is -0.480 e. The van der Waals surface area contributed by atoms with Crippen LogP contribution in [0, 0.1) is 0 Å². The van der Waals surface area contributed by atoms with Gasteiger partial charge in [-0.25, -0.2) is 8.42 Å². The molecule has 12 heteroatoms. The van der Waals surface area contributed by atoms with Gasteiger partial charge in [0.1, 0.15) is 29.1 Å². The summed E-state index contributed by atoms with van der Waals surface area (Å²) in [5.41, 5.74) is 0.731.